The first-order valence-corrected chi connectivity index (χ1v) is 4.50. The van der Waals surface area contributed by atoms with Crippen LogP contribution in [0.25, 0.3) is 11.3 Å². The summed E-state index contributed by atoms with van der Waals surface area (Å²) in [6, 6.07) is 4.92. The summed E-state index contributed by atoms with van der Waals surface area (Å²) in [7, 11) is 0. The fourth-order valence-corrected chi connectivity index (χ4v) is 1.44. The van der Waals surface area contributed by atoms with Crippen molar-refractivity contribution in [3.63, 3.8) is 0 Å². The van der Waals surface area contributed by atoms with E-state index >= 15 is 0 Å². The highest BCUT2D eigenvalue weighted by Crippen LogP contribution is 2.23. The molecule has 0 saturated heterocycles. The second-order valence-corrected chi connectivity index (χ2v) is 3.51. The van der Waals surface area contributed by atoms with Crippen LogP contribution in [0.4, 0.5) is 4.39 Å². The molecule has 1 aromatic carbocycles. The molecule has 0 saturated carbocycles. The zero-order chi connectivity index (χ0) is 9.26. The Bertz CT molecular complexity index is 412. The molecule has 2 aromatic rings. The summed E-state index contributed by atoms with van der Waals surface area (Å²) in [6.45, 7) is 0. The SMILES string of the molecule is Fc1cc(Br)ccc1-c1cnc[nH]1. The smallest absolute Gasteiger partial charge is 0.133 e. The van der Waals surface area contributed by atoms with Gasteiger partial charge in [0.05, 0.1) is 18.2 Å². The molecule has 0 atom stereocenters. The minimum atomic E-state index is -0.265. The van der Waals surface area contributed by atoms with E-state index in [9.17, 15) is 4.39 Å². The van der Waals surface area contributed by atoms with Crippen LogP contribution in [0.15, 0.2) is 35.2 Å². The fraction of sp³-hybridized carbons (Fsp3) is 0. The summed E-state index contributed by atoms with van der Waals surface area (Å²) in [5.74, 6) is -0.265. The van der Waals surface area contributed by atoms with Gasteiger partial charge < -0.3 is 4.98 Å². The first-order chi connectivity index (χ1) is 6.27. The lowest BCUT2D eigenvalue weighted by Crippen LogP contribution is -1.83. The van der Waals surface area contributed by atoms with E-state index in [0.717, 1.165) is 4.47 Å². The van der Waals surface area contributed by atoms with E-state index in [1.807, 2.05) is 0 Å². The van der Waals surface area contributed by atoms with Gasteiger partial charge >= 0.3 is 0 Å². The molecule has 1 heterocycles. The first-order valence-electron chi connectivity index (χ1n) is 3.71. The van der Waals surface area contributed by atoms with E-state index in [0.29, 0.717) is 11.3 Å². The average molecular weight is 241 g/mol. The largest absolute Gasteiger partial charge is 0.345 e. The molecule has 0 fully saturated rings. The van der Waals surface area contributed by atoms with Gasteiger partial charge in [-0.05, 0) is 18.2 Å². The summed E-state index contributed by atoms with van der Waals surface area (Å²) in [5, 5.41) is 0. The molecule has 2 nitrogen and oxygen atoms in total. The second-order valence-electron chi connectivity index (χ2n) is 2.59. The number of hydrogen-bond acceptors (Lipinski definition) is 1. The van der Waals surface area contributed by atoms with Gasteiger partial charge in [0.25, 0.3) is 0 Å². The highest BCUT2D eigenvalue weighted by molar-refractivity contribution is 9.10. The van der Waals surface area contributed by atoms with E-state index in [1.54, 1.807) is 18.3 Å². The number of hydrogen-bond donors (Lipinski definition) is 1. The molecular weight excluding hydrogens is 235 g/mol. The highest BCUT2D eigenvalue weighted by atomic mass is 79.9. The van der Waals surface area contributed by atoms with Gasteiger partial charge in [-0.1, -0.05) is 15.9 Å². The predicted molar refractivity (Wildman–Crippen MR) is 51.7 cm³/mol. The summed E-state index contributed by atoms with van der Waals surface area (Å²) >= 11 is 3.19. The van der Waals surface area contributed by atoms with E-state index in [2.05, 4.69) is 25.9 Å². The summed E-state index contributed by atoms with van der Waals surface area (Å²) in [4.78, 5) is 6.68. The van der Waals surface area contributed by atoms with Gasteiger partial charge in [-0.3, -0.25) is 0 Å². The molecular formula is C9H6BrFN2. The van der Waals surface area contributed by atoms with Crippen molar-refractivity contribution in [2.45, 2.75) is 0 Å². The molecule has 0 aliphatic heterocycles. The number of imidazole rings is 1. The molecule has 0 aliphatic rings. The Labute approximate surface area is 83.0 Å². The minimum absolute atomic E-state index is 0.265. The second kappa shape index (κ2) is 3.30. The van der Waals surface area contributed by atoms with Crippen LogP contribution in [-0.2, 0) is 0 Å². The van der Waals surface area contributed by atoms with Crippen LogP contribution >= 0.6 is 15.9 Å². The third kappa shape index (κ3) is 1.62. The maximum absolute atomic E-state index is 13.3. The lowest BCUT2D eigenvalue weighted by atomic mass is 10.1. The third-order valence-corrected chi connectivity index (χ3v) is 2.21. The molecule has 66 valence electrons. The number of nitrogens with zero attached hydrogens (tertiary/aromatic N) is 1. The van der Waals surface area contributed by atoms with E-state index in [4.69, 9.17) is 0 Å². The lowest BCUT2D eigenvalue weighted by Gasteiger charge is -1.99. The molecule has 13 heavy (non-hydrogen) atoms. The molecule has 0 radical (unpaired) electrons. The molecule has 1 N–H and O–H groups in total. The van der Waals surface area contributed by atoms with Gasteiger partial charge in [0.15, 0.2) is 0 Å². The van der Waals surface area contributed by atoms with Crippen LogP contribution < -0.4 is 0 Å². The Morgan fingerprint density at radius 3 is 2.85 bits per heavy atom. The van der Waals surface area contributed by atoms with Crippen molar-refractivity contribution >= 4 is 15.9 Å². The van der Waals surface area contributed by atoms with Crippen molar-refractivity contribution in [1.82, 2.24) is 9.97 Å². The van der Waals surface area contributed by atoms with Gasteiger partial charge in [-0.15, -0.1) is 0 Å². The summed E-state index contributed by atoms with van der Waals surface area (Å²) in [5.41, 5.74) is 1.21. The van der Waals surface area contributed by atoms with Crippen molar-refractivity contribution in [1.29, 1.82) is 0 Å². The van der Waals surface area contributed by atoms with Crippen molar-refractivity contribution in [2.75, 3.05) is 0 Å². The van der Waals surface area contributed by atoms with E-state index in [1.165, 1.54) is 12.4 Å². The number of rotatable bonds is 1. The Balaban J connectivity index is 2.53. The fourth-order valence-electron chi connectivity index (χ4n) is 1.11. The average Bonchev–Trinajstić information content (AvgIpc) is 2.56. The van der Waals surface area contributed by atoms with Crippen LogP contribution in [0, 0.1) is 5.82 Å². The number of halogens is 2. The first kappa shape index (κ1) is 8.44. The zero-order valence-corrected chi connectivity index (χ0v) is 8.18. The monoisotopic (exact) mass is 240 g/mol. The maximum Gasteiger partial charge on any atom is 0.133 e. The van der Waals surface area contributed by atoms with Crippen molar-refractivity contribution in [2.24, 2.45) is 0 Å². The van der Waals surface area contributed by atoms with Crippen molar-refractivity contribution in [3.05, 3.63) is 41.0 Å². The maximum atomic E-state index is 13.3. The number of benzene rings is 1. The molecule has 0 unspecified atom stereocenters. The standard InChI is InChI=1S/C9H6BrFN2/c10-6-1-2-7(8(11)3-6)9-4-12-5-13-9/h1-5H,(H,12,13). The Morgan fingerprint density at radius 1 is 1.38 bits per heavy atom. The molecule has 0 spiro atoms. The van der Waals surface area contributed by atoms with Crippen LogP contribution in [0.2, 0.25) is 0 Å². The van der Waals surface area contributed by atoms with Gasteiger partial charge in [0.2, 0.25) is 0 Å². The zero-order valence-electron chi connectivity index (χ0n) is 6.59. The van der Waals surface area contributed by atoms with Crippen LogP contribution in [-0.4, -0.2) is 9.97 Å². The summed E-state index contributed by atoms with van der Waals surface area (Å²) in [6.07, 6.45) is 3.11. The van der Waals surface area contributed by atoms with E-state index in [-0.39, 0.29) is 5.82 Å². The van der Waals surface area contributed by atoms with Gasteiger partial charge in [0, 0.05) is 10.0 Å². The van der Waals surface area contributed by atoms with Gasteiger partial charge in [-0.25, -0.2) is 9.37 Å². The quantitative estimate of drug-likeness (QED) is 0.816. The number of aromatic nitrogens is 2. The normalized spacial score (nSPS) is 10.3. The van der Waals surface area contributed by atoms with E-state index < -0.39 is 0 Å². The molecule has 0 aliphatic carbocycles. The summed E-state index contributed by atoms with van der Waals surface area (Å²) < 4.78 is 14.1. The van der Waals surface area contributed by atoms with Crippen LogP contribution in [0.1, 0.15) is 0 Å². The molecule has 4 heteroatoms. The lowest BCUT2D eigenvalue weighted by molar-refractivity contribution is 0.630. The van der Waals surface area contributed by atoms with Crippen LogP contribution in [0.5, 0.6) is 0 Å². The third-order valence-electron chi connectivity index (χ3n) is 1.72. The Hall–Kier alpha value is -1.16. The molecule has 2 rings (SSSR count). The number of H-pyrrole nitrogens is 1. The highest BCUT2D eigenvalue weighted by Gasteiger charge is 2.05. The molecule has 0 amide bonds. The van der Waals surface area contributed by atoms with Gasteiger partial charge in [-0.2, -0.15) is 0 Å². The molecule has 0 bridgehead atoms. The van der Waals surface area contributed by atoms with Gasteiger partial charge in [0.1, 0.15) is 5.82 Å². The molecule has 1 aromatic heterocycles. The van der Waals surface area contributed by atoms with Crippen LogP contribution in [0.3, 0.4) is 0 Å². The number of aromatic amines is 1. The Kier molecular flexibility index (Phi) is 2.14. The minimum Gasteiger partial charge on any atom is -0.345 e. The van der Waals surface area contributed by atoms with Crippen molar-refractivity contribution in [3.8, 4) is 11.3 Å². The predicted octanol–water partition coefficient (Wildman–Crippen LogP) is 2.98. The Morgan fingerprint density at radius 2 is 2.23 bits per heavy atom. The van der Waals surface area contributed by atoms with Crippen molar-refractivity contribution < 1.29 is 4.39 Å². The topological polar surface area (TPSA) is 28.7 Å². The number of nitrogens with one attached hydrogen (secondary N) is 1.